The van der Waals surface area contributed by atoms with Gasteiger partial charge in [-0.05, 0) is 49.9 Å². The highest BCUT2D eigenvalue weighted by atomic mass is 35.5. The lowest BCUT2D eigenvalue weighted by atomic mass is 9.99. The third kappa shape index (κ3) is 5.07. The zero-order chi connectivity index (χ0) is 15.9. The van der Waals surface area contributed by atoms with Crippen LogP contribution in [0, 0.1) is 5.92 Å². The summed E-state index contributed by atoms with van der Waals surface area (Å²) in [5.74, 6) is 0.923. The number of ether oxygens (including phenoxy) is 1. The molecule has 0 aliphatic carbocycles. The fourth-order valence-corrected chi connectivity index (χ4v) is 2.65. The number of aliphatic hydroxyl groups excluding tert-OH is 1. The van der Waals surface area contributed by atoms with Crippen molar-refractivity contribution in [1.82, 2.24) is 10.2 Å². The third-order valence-electron chi connectivity index (χ3n) is 3.76. The van der Waals surface area contributed by atoms with E-state index in [1.807, 2.05) is 6.92 Å². The van der Waals surface area contributed by atoms with Gasteiger partial charge in [-0.15, -0.1) is 0 Å². The molecule has 0 radical (unpaired) electrons. The lowest BCUT2D eigenvalue weighted by Gasteiger charge is -2.32. The van der Waals surface area contributed by atoms with Crippen LogP contribution in [0.15, 0.2) is 24.3 Å². The molecule has 2 rings (SSSR count). The predicted octanol–water partition coefficient (Wildman–Crippen LogP) is 2.52. The molecule has 0 bridgehead atoms. The van der Waals surface area contributed by atoms with E-state index in [2.05, 4.69) is 5.32 Å². The van der Waals surface area contributed by atoms with E-state index in [1.165, 1.54) is 0 Å². The average Bonchev–Trinajstić information content (AvgIpc) is 2.55. The van der Waals surface area contributed by atoms with Crippen molar-refractivity contribution in [2.24, 2.45) is 5.92 Å². The first kappa shape index (κ1) is 16.9. The second-order valence-corrected chi connectivity index (χ2v) is 6.14. The summed E-state index contributed by atoms with van der Waals surface area (Å²) in [6, 6.07) is 7.05. The highest BCUT2D eigenvalue weighted by molar-refractivity contribution is 6.30. The maximum atomic E-state index is 12.1. The first-order valence-corrected chi connectivity index (χ1v) is 8.02. The summed E-state index contributed by atoms with van der Waals surface area (Å²) in [5, 5.41) is 12.8. The standard InChI is InChI=1S/C16H23ClN2O3/c1-12(22-15-6-4-14(17)5-7-15)9-18-16(21)19-8-2-3-13(10-19)11-20/h4-7,12-13,20H,2-3,8-11H2,1H3,(H,18,21)/t12-,13+/m1/s1. The number of carbonyl (C=O) groups excluding carboxylic acids is 1. The van der Waals surface area contributed by atoms with Gasteiger partial charge in [-0.2, -0.15) is 0 Å². The van der Waals surface area contributed by atoms with Crippen molar-refractivity contribution in [3.63, 3.8) is 0 Å². The van der Waals surface area contributed by atoms with Crippen molar-refractivity contribution in [1.29, 1.82) is 0 Å². The monoisotopic (exact) mass is 326 g/mol. The van der Waals surface area contributed by atoms with E-state index in [0.717, 1.165) is 25.1 Å². The number of amides is 2. The molecule has 2 N–H and O–H groups in total. The molecule has 0 spiro atoms. The molecule has 1 aliphatic rings. The Bertz CT molecular complexity index is 481. The van der Waals surface area contributed by atoms with Crippen LogP contribution in [0.25, 0.3) is 0 Å². The van der Waals surface area contributed by atoms with Gasteiger partial charge in [-0.3, -0.25) is 0 Å². The molecule has 2 amide bonds. The summed E-state index contributed by atoms with van der Waals surface area (Å²) < 4.78 is 5.72. The normalized spacial score (nSPS) is 19.6. The molecule has 0 aromatic heterocycles. The third-order valence-corrected chi connectivity index (χ3v) is 4.01. The van der Waals surface area contributed by atoms with Gasteiger partial charge in [0.1, 0.15) is 11.9 Å². The maximum absolute atomic E-state index is 12.1. The summed E-state index contributed by atoms with van der Waals surface area (Å²) in [4.78, 5) is 13.9. The number of halogens is 1. The molecular formula is C16H23ClN2O3. The van der Waals surface area contributed by atoms with Crippen LogP contribution in [0.1, 0.15) is 19.8 Å². The molecule has 6 heteroatoms. The Labute approximate surface area is 136 Å². The smallest absolute Gasteiger partial charge is 0.317 e. The molecule has 1 saturated heterocycles. The van der Waals surface area contributed by atoms with Crippen molar-refractivity contribution in [3.8, 4) is 5.75 Å². The number of aliphatic hydroxyl groups is 1. The fraction of sp³-hybridized carbons (Fsp3) is 0.562. The number of likely N-dealkylation sites (tertiary alicyclic amines) is 1. The Morgan fingerprint density at radius 2 is 2.23 bits per heavy atom. The highest BCUT2D eigenvalue weighted by Crippen LogP contribution is 2.17. The first-order chi connectivity index (χ1) is 10.6. The van der Waals surface area contributed by atoms with Crippen molar-refractivity contribution < 1.29 is 14.6 Å². The minimum Gasteiger partial charge on any atom is -0.489 e. The fourth-order valence-electron chi connectivity index (χ4n) is 2.53. The number of piperidine rings is 1. The van der Waals surface area contributed by atoms with Gasteiger partial charge in [0.2, 0.25) is 0 Å². The Kier molecular flexibility index (Phi) is 6.34. The van der Waals surface area contributed by atoms with Crippen LogP contribution in [0.4, 0.5) is 4.79 Å². The minimum absolute atomic E-state index is 0.0929. The van der Waals surface area contributed by atoms with Crippen LogP contribution in [0.3, 0.4) is 0 Å². The van der Waals surface area contributed by atoms with E-state index in [-0.39, 0.29) is 24.7 Å². The van der Waals surface area contributed by atoms with Crippen LogP contribution in [-0.4, -0.2) is 48.4 Å². The predicted molar refractivity (Wildman–Crippen MR) is 86.3 cm³/mol. The number of hydrogen-bond acceptors (Lipinski definition) is 3. The minimum atomic E-state index is -0.136. The number of nitrogens with one attached hydrogen (secondary N) is 1. The van der Waals surface area contributed by atoms with Gasteiger partial charge < -0.3 is 20.1 Å². The Morgan fingerprint density at radius 3 is 2.91 bits per heavy atom. The number of nitrogens with zero attached hydrogens (tertiary/aromatic N) is 1. The van der Waals surface area contributed by atoms with Gasteiger partial charge >= 0.3 is 6.03 Å². The molecule has 122 valence electrons. The van der Waals surface area contributed by atoms with Gasteiger partial charge in [-0.1, -0.05) is 11.6 Å². The van der Waals surface area contributed by atoms with E-state index in [1.54, 1.807) is 29.2 Å². The topological polar surface area (TPSA) is 61.8 Å². The number of urea groups is 1. The summed E-state index contributed by atoms with van der Waals surface area (Å²) in [7, 11) is 0. The Hall–Kier alpha value is -1.46. The van der Waals surface area contributed by atoms with Crippen molar-refractivity contribution in [2.75, 3.05) is 26.2 Å². The van der Waals surface area contributed by atoms with E-state index < -0.39 is 0 Å². The van der Waals surface area contributed by atoms with Gasteiger partial charge in [0, 0.05) is 24.7 Å². The molecule has 22 heavy (non-hydrogen) atoms. The molecule has 1 heterocycles. The average molecular weight is 327 g/mol. The number of carbonyl (C=O) groups is 1. The van der Waals surface area contributed by atoms with Gasteiger partial charge in [0.05, 0.1) is 6.54 Å². The Morgan fingerprint density at radius 1 is 1.50 bits per heavy atom. The van der Waals surface area contributed by atoms with Gasteiger partial charge in [0.15, 0.2) is 0 Å². The quantitative estimate of drug-likeness (QED) is 0.874. The molecule has 5 nitrogen and oxygen atoms in total. The molecule has 0 unspecified atom stereocenters. The largest absolute Gasteiger partial charge is 0.489 e. The molecular weight excluding hydrogens is 304 g/mol. The van der Waals surface area contributed by atoms with Crippen molar-refractivity contribution >= 4 is 17.6 Å². The van der Waals surface area contributed by atoms with Crippen LogP contribution in [0.5, 0.6) is 5.75 Å². The second kappa shape index (κ2) is 8.25. The molecule has 1 aromatic carbocycles. The van der Waals surface area contributed by atoms with Crippen molar-refractivity contribution in [3.05, 3.63) is 29.3 Å². The number of hydrogen-bond donors (Lipinski definition) is 2. The highest BCUT2D eigenvalue weighted by Gasteiger charge is 2.23. The Balaban J connectivity index is 1.74. The molecule has 1 fully saturated rings. The molecule has 1 aliphatic heterocycles. The molecule has 0 saturated carbocycles. The van der Waals surface area contributed by atoms with E-state index in [4.69, 9.17) is 16.3 Å². The summed E-state index contributed by atoms with van der Waals surface area (Å²) in [6.45, 7) is 3.84. The summed E-state index contributed by atoms with van der Waals surface area (Å²) >= 11 is 5.82. The lowest BCUT2D eigenvalue weighted by molar-refractivity contribution is 0.126. The zero-order valence-electron chi connectivity index (χ0n) is 12.8. The van der Waals surface area contributed by atoms with Gasteiger partial charge in [0.25, 0.3) is 0 Å². The molecule has 2 atom stereocenters. The number of rotatable bonds is 5. The van der Waals surface area contributed by atoms with Gasteiger partial charge in [-0.25, -0.2) is 4.79 Å². The summed E-state index contributed by atoms with van der Waals surface area (Å²) in [5.41, 5.74) is 0. The second-order valence-electron chi connectivity index (χ2n) is 5.71. The SMILES string of the molecule is C[C@H](CNC(=O)N1CCC[C@H](CO)C1)Oc1ccc(Cl)cc1. The van der Waals surface area contributed by atoms with E-state index in [0.29, 0.717) is 18.1 Å². The lowest BCUT2D eigenvalue weighted by Crippen LogP contribution is -2.48. The number of benzene rings is 1. The van der Waals surface area contributed by atoms with Crippen LogP contribution >= 0.6 is 11.6 Å². The molecule has 1 aromatic rings. The van der Waals surface area contributed by atoms with Crippen LogP contribution < -0.4 is 10.1 Å². The first-order valence-electron chi connectivity index (χ1n) is 7.64. The maximum Gasteiger partial charge on any atom is 0.317 e. The van der Waals surface area contributed by atoms with Crippen molar-refractivity contribution in [2.45, 2.75) is 25.9 Å². The van der Waals surface area contributed by atoms with E-state index >= 15 is 0 Å². The van der Waals surface area contributed by atoms with Crippen LogP contribution in [-0.2, 0) is 0 Å². The van der Waals surface area contributed by atoms with E-state index in [9.17, 15) is 9.90 Å². The summed E-state index contributed by atoms with van der Waals surface area (Å²) in [6.07, 6.45) is 1.79. The zero-order valence-corrected chi connectivity index (χ0v) is 13.6. The van der Waals surface area contributed by atoms with Crippen LogP contribution in [0.2, 0.25) is 5.02 Å².